The van der Waals surface area contributed by atoms with Crippen molar-refractivity contribution in [3.05, 3.63) is 17.5 Å². The molecule has 0 spiro atoms. The number of hydrogen-bond donors (Lipinski definition) is 0. The van der Waals surface area contributed by atoms with Gasteiger partial charge in [0.2, 0.25) is 0 Å². The van der Waals surface area contributed by atoms with Crippen LogP contribution in [0.15, 0.2) is 6.07 Å². The lowest BCUT2D eigenvalue weighted by molar-refractivity contribution is 0.00578. The highest BCUT2D eigenvalue weighted by Crippen LogP contribution is 2.36. The van der Waals surface area contributed by atoms with Crippen LogP contribution in [0.3, 0.4) is 0 Å². The molecule has 0 bridgehead atoms. The van der Waals surface area contributed by atoms with E-state index in [0.29, 0.717) is 6.44 Å². The summed E-state index contributed by atoms with van der Waals surface area (Å²) >= 11 is 0. The molecule has 0 atom stereocenters. The zero-order valence-electron chi connectivity index (χ0n) is 11.6. The van der Waals surface area contributed by atoms with E-state index in [1.54, 1.807) is 0 Å². The van der Waals surface area contributed by atoms with Crippen LogP contribution >= 0.6 is 0 Å². The van der Waals surface area contributed by atoms with Gasteiger partial charge in [-0.3, -0.25) is 4.68 Å². The van der Waals surface area contributed by atoms with E-state index in [4.69, 9.17) is 9.31 Å². The zero-order valence-corrected chi connectivity index (χ0v) is 11.6. The van der Waals surface area contributed by atoms with Gasteiger partial charge in [0, 0.05) is 5.69 Å². The predicted octanol–water partition coefficient (Wildman–Crippen LogP) is 2.13. The Kier molecular flexibility index (Phi) is 2.87. The number of aryl methyl sites for hydroxylation is 2. The molecule has 0 radical (unpaired) electrons. The largest absolute Gasteiger partial charge is 0.480 e. The van der Waals surface area contributed by atoms with Crippen LogP contribution in [0.1, 0.15) is 39.1 Å². The molecule has 94 valence electrons. The van der Waals surface area contributed by atoms with E-state index < -0.39 is 0 Å². The first kappa shape index (κ1) is 12.6. The monoisotopic (exact) mass is 236 g/mol. The maximum Gasteiger partial charge on any atom is 0.480 e. The predicted molar refractivity (Wildman–Crippen MR) is 67.8 cm³/mol. The summed E-state index contributed by atoms with van der Waals surface area (Å²) < 4.78 is 13.8. The van der Waals surface area contributed by atoms with Crippen molar-refractivity contribution in [2.45, 2.75) is 59.2 Å². The van der Waals surface area contributed by atoms with Crippen LogP contribution in [0.2, 0.25) is 0 Å². The Morgan fingerprint density at radius 1 is 1.18 bits per heavy atom. The van der Waals surface area contributed by atoms with Gasteiger partial charge in [-0.05, 0) is 47.6 Å². The molecule has 17 heavy (non-hydrogen) atoms. The van der Waals surface area contributed by atoms with Crippen molar-refractivity contribution >= 4 is 7.12 Å². The molecular formula is C12H21BN2O2. The summed E-state index contributed by atoms with van der Waals surface area (Å²) in [5, 5.41) is 4.43. The number of aromatic nitrogens is 2. The molecule has 0 aromatic carbocycles. The Labute approximate surface area is 103 Å². The molecule has 5 heteroatoms. The van der Waals surface area contributed by atoms with Crippen LogP contribution in [-0.2, 0) is 15.8 Å². The average Bonchev–Trinajstić information content (AvgIpc) is 2.51. The molecule has 1 fully saturated rings. The first-order valence-corrected chi connectivity index (χ1v) is 6.08. The van der Waals surface area contributed by atoms with E-state index in [9.17, 15) is 0 Å². The summed E-state index contributed by atoms with van der Waals surface area (Å²) in [6, 6.07) is 2.06. The highest BCUT2D eigenvalue weighted by Gasteiger charge is 2.51. The van der Waals surface area contributed by atoms with E-state index >= 15 is 0 Å². The number of hydrogen-bond acceptors (Lipinski definition) is 3. The van der Waals surface area contributed by atoms with Crippen LogP contribution < -0.4 is 0 Å². The maximum atomic E-state index is 5.95. The van der Waals surface area contributed by atoms with E-state index in [1.807, 2.05) is 18.5 Å². The zero-order chi connectivity index (χ0) is 12.8. The minimum Gasteiger partial charge on any atom is -0.402 e. The Morgan fingerprint density at radius 3 is 2.12 bits per heavy atom. The molecule has 1 aromatic heterocycles. The van der Waals surface area contributed by atoms with Gasteiger partial charge in [-0.15, -0.1) is 0 Å². The van der Waals surface area contributed by atoms with Gasteiger partial charge >= 0.3 is 7.12 Å². The lowest BCUT2D eigenvalue weighted by Gasteiger charge is -2.32. The van der Waals surface area contributed by atoms with E-state index in [2.05, 4.69) is 38.9 Å². The van der Waals surface area contributed by atoms with Crippen molar-refractivity contribution in [1.29, 1.82) is 0 Å². The molecule has 2 rings (SSSR count). The quantitative estimate of drug-likeness (QED) is 0.738. The van der Waals surface area contributed by atoms with E-state index in [1.165, 1.54) is 0 Å². The van der Waals surface area contributed by atoms with Crippen LogP contribution in [0.5, 0.6) is 0 Å². The maximum absolute atomic E-state index is 5.95. The Hall–Kier alpha value is -0.805. The summed E-state index contributed by atoms with van der Waals surface area (Å²) in [7, 11) is -0.224. The molecule has 0 saturated carbocycles. The Morgan fingerprint density at radius 2 is 1.71 bits per heavy atom. The lowest BCUT2D eigenvalue weighted by Crippen LogP contribution is -2.41. The van der Waals surface area contributed by atoms with Crippen LogP contribution in [-0.4, -0.2) is 28.1 Å². The van der Waals surface area contributed by atoms with Gasteiger partial charge in [0.05, 0.1) is 23.3 Å². The Balaban J connectivity index is 2.10. The molecule has 1 aliphatic heterocycles. The fraction of sp³-hybridized carbons (Fsp3) is 0.750. The molecule has 4 nitrogen and oxygen atoms in total. The third-order valence-corrected chi connectivity index (χ3v) is 3.73. The van der Waals surface area contributed by atoms with Crippen molar-refractivity contribution < 1.29 is 9.31 Å². The van der Waals surface area contributed by atoms with Gasteiger partial charge in [0.25, 0.3) is 0 Å². The van der Waals surface area contributed by atoms with Crippen LogP contribution in [0.4, 0.5) is 0 Å². The molecule has 0 unspecified atom stereocenters. The van der Waals surface area contributed by atoms with Crippen LogP contribution in [0, 0.1) is 13.8 Å². The van der Waals surface area contributed by atoms with Gasteiger partial charge in [0.15, 0.2) is 0 Å². The van der Waals surface area contributed by atoms with E-state index in [0.717, 1.165) is 11.4 Å². The summed E-state index contributed by atoms with van der Waals surface area (Å²) in [5.74, 6) is 0. The molecule has 0 N–H and O–H groups in total. The summed E-state index contributed by atoms with van der Waals surface area (Å²) in [6.07, 6.45) is 0.645. The summed E-state index contributed by atoms with van der Waals surface area (Å²) in [4.78, 5) is 0. The average molecular weight is 236 g/mol. The van der Waals surface area contributed by atoms with Crippen molar-refractivity contribution in [2.24, 2.45) is 0 Å². The third-order valence-electron chi connectivity index (χ3n) is 3.73. The van der Waals surface area contributed by atoms with Gasteiger partial charge in [-0.1, -0.05) is 0 Å². The SMILES string of the molecule is Cc1cc(C)n(CB2OC(C)(C)C(C)(C)O2)n1. The van der Waals surface area contributed by atoms with Crippen molar-refractivity contribution in [2.75, 3.05) is 0 Å². The summed E-state index contributed by atoms with van der Waals surface area (Å²) in [5.41, 5.74) is 1.62. The van der Waals surface area contributed by atoms with Gasteiger partial charge in [-0.2, -0.15) is 5.10 Å². The van der Waals surface area contributed by atoms with E-state index in [-0.39, 0.29) is 18.3 Å². The topological polar surface area (TPSA) is 36.3 Å². The molecular weight excluding hydrogens is 215 g/mol. The van der Waals surface area contributed by atoms with Gasteiger partial charge in [-0.25, -0.2) is 0 Å². The fourth-order valence-electron chi connectivity index (χ4n) is 2.04. The van der Waals surface area contributed by atoms with Crippen molar-refractivity contribution in [3.63, 3.8) is 0 Å². The third kappa shape index (κ3) is 2.26. The summed E-state index contributed by atoms with van der Waals surface area (Å²) in [6.45, 7) is 12.3. The second kappa shape index (κ2) is 3.85. The van der Waals surface area contributed by atoms with Crippen molar-refractivity contribution in [3.8, 4) is 0 Å². The molecule has 1 aromatic rings. The number of rotatable bonds is 2. The highest BCUT2D eigenvalue weighted by atomic mass is 16.7. The van der Waals surface area contributed by atoms with Gasteiger partial charge < -0.3 is 9.31 Å². The minimum absolute atomic E-state index is 0.224. The normalized spacial score (nSPS) is 22.1. The molecule has 0 aliphatic carbocycles. The van der Waals surface area contributed by atoms with Crippen molar-refractivity contribution in [1.82, 2.24) is 9.78 Å². The smallest absolute Gasteiger partial charge is 0.402 e. The van der Waals surface area contributed by atoms with Gasteiger partial charge in [0.1, 0.15) is 0 Å². The molecule has 0 amide bonds. The number of nitrogens with zero attached hydrogens (tertiary/aromatic N) is 2. The Bertz CT molecular complexity index is 410. The second-order valence-corrected chi connectivity index (χ2v) is 5.80. The fourth-order valence-corrected chi connectivity index (χ4v) is 2.04. The second-order valence-electron chi connectivity index (χ2n) is 5.80. The highest BCUT2D eigenvalue weighted by molar-refractivity contribution is 6.44. The molecule has 1 saturated heterocycles. The first-order valence-electron chi connectivity index (χ1n) is 6.08. The first-order chi connectivity index (χ1) is 7.71. The molecule has 2 heterocycles. The minimum atomic E-state index is -0.270. The lowest BCUT2D eigenvalue weighted by atomic mass is 9.90. The van der Waals surface area contributed by atoms with Crippen LogP contribution in [0.25, 0.3) is 0 Å². The molecule has 1 aliphatic rings. The standard InChI is InChI=1S/C12H21BN2O2/c1-9-7-10(2)15(14-9)8-13-16-11(3,4)12(5,6)17-13/h7H,8H2,1-6H3.